The molecule has 4 rings (SSSR count). The van der Waals surface area contributed by atoms with Gasteiger partial charge in [-0.2, -0.15) is 0 Å². The Balaban J connectivity index is 1.44. The number of ether oxygens (including phenoxy) is 2. The molecular weight excluding hydrogens is 394 g/mol. The Morgan fingerprint density at radius 3 is 2.45 bits per heavy atom. The van der Waals surface area contributed by atoms with Gasteiger partial charge in [0.1, 0.15) is 6.26 Å². The molecule has 1 aliphatic heterocycles. The molecule has 7 heteroatoms. The normalized spacial score (nSPS) is 13.9. The van der Waals surface area contributed by atoms with Crippen molar-refractivity contribution < 1.29 is 18.7 Å². The second kappa shape index (κ2) is 9.55. The van der Waals surface area contributed by atoms with Crippen LogP contribution in [0.5, 0.6) is 11.5 Å². The fourth-order valence-corrected chi connectivity index (χ4v) is 3.61. The summed E-state index contributed by atoms with van der Waals surface area (Å²) in [4.78, 5) is 21.5. The summed E-state index contributed by atoms with van der Waals surface area (Å²) >= 11 is 0. The van der Waals surface area contributed by atoms with Crippen LogP contribution in [0, 0.1) is 6.07 Å². The summed E-state index contributed by atoms with van der Waals surface area (Å²) in [6, 6.07) is 16.4. The van der Waals surface area contributed by atoms with E-state index in [1.54, 1.807) is 0 Å². The van der Waals surface area contributed by atoms with Gasteiger partial charge in [-0.05, 0) is 50.2 Å². The van der Waals surface area contributed by atoms with Gasteiger partial charge >= 0.3 is 0 Å². The molecule has 0 N–H and O–H groups in total. The molecule has 3 aromatic rings. The number of aromatic nitrogens is 1. The van der Waals surface area contributed by atoms with Gasteiger partial charge < -0.3 is 23.7 Å². The SMILES string of the molecule is CCOc1ccc(-c2nc(C(=O)N3CCN(c4cc[c]cc4)CC3)co2)cc1OCC. The van der Waals surface area contributed by atoms with Crippen LogP contribution < -0.4 is 14.4 Å². The maximum absolute atomic E-state index is 12.9. The van der Waals surface area contributed by atoms with Crippen molar-refractivity contribution in [3.05, 3.63) is 60.5 Å². The monoisotopic (exact) mass is 420 g/mol. The van der Waals surface area contributed by atoms with Crippen LogP contribution in [0.3, 0.4) is 0 Å². The Morgan fingerprint density at radius 1 is 1.03 bits per heavy atom. The first-order valence-electron chi connectivity index (χ1n) is 10.6. The van der Waals surface area contributed by atoms with Gasteiger partial charge in [-0.3, -0.25) is 4.79 Å². The Hall–Kier alpha value is -3.48. The summed E-state index contributed by atoms with van der Waals surface area (Å²) in [5.74, 6) is 1.56. The van der Waals surface area contributed by atoms with Crippen molar-refractivity contribution in [3.63, 3.8) is 0 Å². The third kappa shape index (κ3) is 4.66. The lowest BCUT2D eigenvalue weighted by molar-refractivity contribution is 0.0741. The van der Waals surface area contributed by atoms with E-state index in [-0.39, 0.29) is 5.91 Å². The molecule has 161 valence electrons. The zero-order chi connectivity index (χ0) is 21.6. The fraction of sp³-hybridized carbons (Fsp3) is 0.333. The first-order chi connectivity index (χ1) is 15.2. The van der Waals surface area contributed by atoms with E-state index in [0.717, 1.165) is 24.3 Å². The van der Waals surface area contributed by atoms with Crippen LogP contribution in [0.2, 0.25) is 0 Å². The van der Waals surface area contributed by atoms with E-state index in [0.29, 0.717) is 49.4 Å². The molecule has 2 aromatic carbocycles. The van der Waals surface area contributed by atoms with E-state index in [1.807, 2.05) is 61.2 Å². The molecule has 1 radical (unpaired) electrons. The number of hydrogen-bond acceptors (Lipinski definition) is 6. The molecule has 0 unspecified atom stereocenters. The quantitative estimate of drug-likeness (QED) is 0.578. The fourth-order valence-electron chi connectivity index (χ4n) is 3.61. The number of rotatable bonds is 7. The lowest BCUT2D eigenvalue weighted by Gasteiger charge is -2.35. The van der Waals surface area contributed by atoms with E-state index in [2.05, 4.69) is 16.0 Å². The van der Waals surface area contributed by atoms with Crippen molar-refractivity contribution in [1.29, 1.82) is 0 Å². The number of nitrogens with zero attached hydrogens (tertiary/aromatic N) is 3. The van der Waals surface area contributed by atoms with E-state index in [9.17, 15) is 4.79 Å². The highest BCUT2D eigenvalue weighted by atomic mass is 16.5. The van der Waals surface area contributed by atoms with Gasteiger partial charge in [0.05, 0.1) is 13.2 Å². The van der Waals surface area contributed by atoms with E-state index in [1.165, 1.54) is 6.26 Å². The number of amides is 1. The summed E-state index contributed by atoms with van der Waals surface area (Å²) in [5, 5.41) is 0. The minimum absolute atomic E-state index is 0.119. The molecule has 1 amide bonds. The maximum atomic E-state index is 12.9. The predicted molar refractivity (Wildman–Crippen MR) is 118 cm³/mol. The number of carbonyl (C=O) groups is 1. The summed E-state index contributed by atoms with van der Waals surface area (Å²) in [5.41, 5.74) is 2.19. The standard InChI is InChI=1S/C24H26N3O4/c1-3-29-21-11-10-18(16-22(21)30-4-2)23-25-20(17-31-23)24(28)27-14-12-26(13-15-27)19-8-6-5-7-9-19/h6-11,16-17H,3-4,12-15H2,1-2H3. The molecule has 0 spiro atoms. The molecule has 7 nitrogen and oxygen atoms in total. The van der Waals surface area contributed by atoms with Gasteiger partial charge in [-0.15, -0.1) is 0 Å². The Labute approximate surface area is 182 Å². The second-order valence-corrected chi connectivity index (χ2v) is 7.10. The van der Waals surface area contributed by atoms with Gasteiger partial charge in [-0.25, -0.2) is 4.98 Å². The van der Waals surface area contributed by atoms with Crippen LogP contribution in [0.15, 0.2) is 53.1 Å². The molecule has 0 saturated carbocycles. The molecule has 0 atom stereocenters. The minimum Gasteiger partial charge on any atom is -0.490 e. The van der Waals surface area contributed by atoms with Crippen molar-refractivity contribution in [2.24, 2.45) is 0 Å². The highest BCUT2D eigenvalue weighted by Gasteiger charge is 2.25. The highest BCUT2D eigenvalue weighted by molar-refractivity contribution is 5.92. The number of oxazole rings is 1. The average Bonchev–Trinajstić information content (AvgIpc) is 3.31. The van der Waals surface area contributed by atoms with Crippen LogP contribution in [-0.2, 0) is 0 Å². The Bertz CT molecular complexity index is 1010. The number of benzene rings is 2. The number of anilines is 1. The molecule has 0 bridgehead atoms. The lowest BCUT2D eigenvalue weighted by Crippen LogP contribution is -2.48. The number of carbonyl (C=O) groups excluding carboxylic acids is 1. The van der Waals surface area contributed by atoms with Crippen LogP contribution in [0.1, 0.15) is 24.3 Å². The second-order valence-electron chi connectivity index (χ2n) is 7.10. The van der Waals surface area contributed by atoms with Gasteiger partial charge in [0, 0.05) is 37.4 Å². The van der Waals surface area contributed by atoms with E-state index >= 15 is 0 Å². The third-order valence-electron chi connectivity index (χ3n) is 5.15. The molecule has 1 aromatic heterocycles. The predicted octanol–water partition coefficient (Wildman–Crippen LogP) is 3.90. The smallest absolute Gasteiger partial charge is 0.275 e. The van der Waals surface area contributed by atoms with E-state index in [4.69, 9.17) is 13.9 Å². The van der Waals surface area contributed by atoms with Crippen LogP contribution in [0.4, 0.5) is 5.69 Å². The van der Waals surface area contributed by atoms with Crippen molar-refractivity contribution in [3.8, 4) is 23.0 Å². The van der Waals surface area contributed by atoms with Crippen LogP contribution in [0.25, 0.3) is 11.5 Å². The topological polar surface area (TPSA) is 68.0 Å². The average molecular weight is 420 g/mol. The molecule has 2 heterocycles. The zero-order valence-corrected chi connectivity index (χ0v) is 17.8. The molecule has 1 fully saturated rings. The number of piperazine rings is 1. The van der Waals surface area contributed by atoms with Gasteiger partial charge in [-0.1, -0.05) is 12.1 Å². The highest BCUT2D eigenvalue weighted by Crippen LogP contribution is 2.32. The van der Waals surface area contributed by atoms with Crippen molar-refractivity contribution >= 4 is 11.6 Å². The third-order valence-corrected chi connectivity index (χ3v) is 5.15. The van der Waals surface area contributed by atoms with Crippen molar-refractivity contribution in [1.82, 2.24) is 9.88 Å². The summed E-state index contributed by atoms with van der Waals surface area (Å²) in [6.07, 6.45) is 1.42. The molecular formula is C24H26N3O4. The van der Waals surface area contributed by atoms with Crippen molar-refractivity contribution in [2.75, 3.05) is 44.3 Å². The molecule has 1 aliphatic rings. The Kier molecular flexibility index (Phi) is 6.40. The molecule has 0 aliphatic carbocycles. The van der Waals surface area contributed by atoms with Gasteiger partial charge in [0.15, 0.2) is 17.2 Å². The maximum Gasteiger partial charge on any atom is 0.275 e. The molecule has 31 heavy (non-hydrogen) atoms. The Morgan fingerprint density at radius 2 is 1.74 bits per heavy atom. The van der Waals surface area contributed by atoms with Crippen molar-refractivity contribution in [2.45, 2.75) is 13.8 Å². The summed E-state index contributed by atoms with van der Waals surface area (Å²) in [6.45, 7) is 7.73. The van der Waals surface area contributed by atoms with Crippen LogP contribution >= 0.6 is 0 Å². The summed E-state index contributed by atoms with van der Waals surface area (Å²) in [7, 11) is 0. The lowest BCUT2D eigenvalue weighted by atomic mass is 10.2. The number of hydrogen-bond donors (Lipinski definition) is 0. The van der Waals surface area contributed by atoms with Gasteiger partial charge in [0.25, 0.3) is 5.91 Å². The summed E-state index contributed by atoms with van der Waals surface area (Å²) < 4.78 is 16.9. The largest absolute Gasteiger partial charge is 0.490 e. The first kappa shape index (κ1) is 20.8. The zero-order valence-electron chi connectivity index (χ0n) is 17.8. The van der Waals surface area contributed by atoms with E-state index < -0.39 is 0 Å². The minimum atomic E-state index is -0.119. The van der Waals surface area contributed by atoms with Crippen LogP contribution in [-0.4, -0.2) is 55.2 Å². The first-order valence-corrected chi connectivity index (χ1v) is 10.6. The molecule has 1 saturated heterocycles. The van der Waals surface area contributed by atoms with Gasteiger partial charge in [0.2, 0.25) is 5.89 Å².